The minimum absolute atomic E-state index is 0.0194. The molecule has 1 saturated carbocycles. The molecule has 0 bridgehead atoms. The third kappa shape index (κ3) is 2.72. The van der Waals surface area contributed by atoms with E-state index in [1.165, 1.54) is 12.8 Å². The first-order chi connectivity index (χ1) is 9.53. The SMILES string of the molecule is COCCn1ncc(Cl)c1C(N)C1(N(C)C)CCCC1. The zero-order valence-electron chi connectivity index (χ0n) is 12.6. The van der Waals surface area contributed by atoms with E-state index in [1.807, 2.05) is 4.68 Å². The predicted molar refractivity (Wildman–Crippen MR) is 80.9 cm³/mol. The first kappa shape index (κ1) is 15.8. The molecule has 0 radical (unpaired) electrons. The fourth-order valence-electron chi connectivity index (χ4n) is 3.32. The Kier molecular flexibility index (Phi) is 5.07. The van der Waals surface area contributed by atoms with Gasteiger partial charge in [0.15, 0.2) is 0 Å². The molecule has 1 fully saturated rings. The monoisotopic (exact) mass is 300 g/mol. The second kappa shape index (κ2) is 6.43. The van der Waals surface area contributed by atoms with Crippen LogP contribution in [-0.2, 0) is 11.3 Å². The van der Waals surface area contributed by atoms with Crippen LogP contribution in [0.1, 0.15) is 37.4 Å². The van der Waals surface area contributed by atoms with E-state index >= 15 is 0 Å². The number of rotatable bonds is 6. The van der Waals surface area contributed by atoms with E-state index in [9.17, 15) is 0 Å². The Morgan fingerprint density at radius 2 is 2.15 bits per heavy atom. The van der Waals surface area contributed by atoms with Crippen LogP contribution in [0.2, 0.25) is 5.02 Å². The number of hydrogen-bond donors (Lipinski definition) is 1. The van der Waals surface area contributed by atoms with E-state index in [0.29, 0.717) is 18.2 Å². The third-order valence-electron chi connectivity index (χ3n) is 4.57. The average Bonchev–Trinajstić information content (AvgIpc) is 3.03. The molecule has 0 aliphatic heterocycles. The van der Waals surface area contributed by atoms with Crippen LogP contribution in [0.3, 0.4) is 0 Å². The van der Waals surface area contributed by atoms with Crippen molar-refractivity contribution in [3.05, 3.63) is 16.9 Å². The van der Waals surface area contributed by atoms with E-state index in [-0.39, 0.29) is 11.6 Å². The fraction of sp³-hybridized carbons (Fsp3) is 0.786. The second-order valence-electron chi connectivity index (χ2n) is 5.78. The lowest BCUT2D eigenvalue weighted by Gasteiger charge is -2.41. The van der Waals surface area contributed by atoms with Crippen molar-refractivity contribution >= 4 is 11.6 Å². The van der Waals surface area contributed by atoms with Crippen molar-refractivity contribution in [3.63, 3.8) is 0 Å². The highest BCUT2D eigenvalue weighted by Gasteiger charge is 2.44. The number of likely N-dealkylation sites (N-methyl/N-ethyl adjacent to an activating group) is 1. The molecule has 20 heavy (non-hydrogen) atoms. The molecular weight excluding hydrogens is 276 g/mol. The lowest BCUT2D eigenvalue weighted by molar-refractivity contribution is 0.117. The van der Waals surface area contributed by atoms with Crippen LogP contribution in [0.5, 0.6) is 0 Å². The lowest BCUT2D eigenvalue weighted by atomic mass is 9.85. The van der Waals surface area contributed by atoms with Gasteiger partial charge in [0.05, 0.1) is 36.1 Å². The Bertz CT molecular complexity index is 440. The Morgan fingerprint density at radius 1 is 1.50 bits per heavy atom. The van der Waals surface area contributed by atoms with Crippen LogP contribution in [0.4, 0.5) is 0 Å². The van der Waals surface area contributed by atoms with Crippen LogP contribution in [-0.4, -0.2) is 48.0 Å². The Hall–Kier alpha value is -0.620. The number of methoxy groups -OCH3 is 1. The molecule has 0 amide bonds. The van der Waals surface area contributed by atoms with Gasteiger partial charge in [0.25, 0.3) is 0 Å². The Labute approximate surface area is 126 Å². The highest BCUT2D eigenvalue weighted by atomic mass is 35.5. The zero-order valence-corrected chi connectivity index (χ0v) is 13.4. The van der Waals surface area contributed by atoms with Gasteiger partial charge in [-0.3, -0.25) is 4.68 Å². The molecule has 1 aromatic heterocycles. The standard InChI is InChI=1S/C14H25ClN4O/c1-18(2)14(6-4-5-7-14)13(16)12-11(15)10-17-19(12)8-9-20-3/h10,13H,4-9,16H2,1-3H3. The maximum absolute atomic E-state index is 6.63. The smallest absolute Gasteiger partial charge is 0.0834 e. The fourth-order valence-corrected chi connectivity index (χ4v) is 3.57. The van der Waals surface area contributed by atoms with Gasteiger partial charge < -0.3 is 15.4 Å². The van der Waals surface area contributed by atoms with E-state index in [2.05, 4.69) is 24.1 Å². The van der Waals surface area contributed by atoms with Gasteiger partial charge in [-0.25, -0.2) is 0 Å². The van der Waals surface area contributed by atoms with E-state index in [1.54, 1.807) is 13.3 Å². The van der Waals surface area contributed by atoms with E-state index in [4.69, 9.17) is 22.1 Å². The van der Waals surface area contributed by atoms with Crippen LogP contribution < -0.4 is 5.73 Å². The maximum atomic E-state index is 6.63. The molecule has 1 atom stereocenters. The molecule has 1 heterocycles. The van der Waals surface area contributed by atoms with Gasteiger partial charge in [-0.1, -0.05) is 24.4 Å². The molecule has 2 N–H and O–H groups in total. The lowest BCUT2D eigenvalue weighted by Crippen LogP contribution is -2.51. The first-order valence-corrected chi connectivity index (χ1v) is 7.54. The number of hydrogen-bond acceptors (Lipinski definition) is 4. The number of nitrogens with zero attached hydrogens (tertiary/aromatic N) is 3. The van der Waals surface area contributed by atoms with Crippen molar-refractivity contribution in [2.45, 2.75) is 43.8 Å². The zero-order chi connectivity index (χ0) is 14.8. The Morgan fingerprint density at radius 3 is 2.70 bits per heavy atom. The molecule has 0 saturated heterocycles. The summed E-state index contributed by atoms with van der Waals surface area (Å²) in [4.78, 5) is 2.26. The van der Waals surface area contributed by atoms with Gasteiger partial charge in [0, 0.05) is 12.6 Å². The molecular formula is C14H25ClN4O. The molecule has 1 aromatic rings. The van der Waals surface area contributed by atoms with Gasteiger partial charge in [0.2, 0.25) is 0 Å². The van der Waals surface area contributed by atoms with Crippen LogP contribution in [0, 0.1) is 0 Å². The van der Waals surface area contributed by atoms with Crippen LogP contribution >= 0.6 is 11.6 Å². The van der Waals surface area contributed by atoms with Crippen molar-refractivity contribution in [2.75, 3.05) is 27.8 Å². The predicted octanol–water partition coefficient (Wildman–Crippen LogP) is 2.06. The van der Waals surface area contributed by atoms with Crippen molar-refractivity contribution in [2.24, 2.45) is 5.73 Å². The minimum atomic E-state index is -0.133. The summed E-state index contributed by atoms with van der Waals surface area (Å²) in [5.41, 5.74) is 7.54. The highest BCUT2D eigenvalue weighted by Crippen LogP contribution is 2.43. The van der Waals surface area contributed by atoms with Gasteiger partial charge in [-0.05, 0) is 26.9 Å². The highest BCUT2D eigenvalue weighted by molar-refractivity contribution is 6.31. The quantitative estimate of drug-likeness (QED) is 0.874. The van der Waals surface area contributed by atoms with Crippen LogP contribution in [0.25, 0.3) is 0 Å². The topological polar surface area (TPSA) is 56.3 Å². The summed E-state index contributed by atoms with van der Waals surface area (Å²) in [6, 6.07) is -0.133. The van der Waals surface area contributed by atoms with Crippen molar-refractivity contribution in [3.8, 4) is 0 Å². The molecule has 6 heteroatoms. The van der Waals surface area contributed by atoms with Gasteiger partial charge in [0.1, 0.15) is 0 Å². The van der Waals surface area contributed by atoms with Gasteiger partial charge in [-0.15, -0.1) is 0 Å². The summed E-state index contributed by atoms with van der Waals surface area (Å²) in [5, 5.41) is 5.00. The normalized spacial score (nSPS) is 19.7. The molecule has 5 nitrogen and oxygen atoms in total. The minimum Gasteiger partial charge on any atom is -0.383 e. The molecule has 2 rings (SSSR count). The number of nitrogens with two attached hydrogens (primary N) is 1. The van der Waals surface area contributed by atoms with Gasteiger partial charge >= 0.3 is 0 Å². The molecule has 1 aliphatic carbocycles. The maximum Gasteiger partial charge on any atom is 0.0834 e. The van der Waals surface area contributed by atoms with Crippen LogP contribution in [0.15, 0.2) is 6.20 Å². The number of ether oxygens (including phenoxy) is 1. The first-order valence-electron chi connectivity index (χ1n) is 7.16. The third-order valence-corrected chi connectivity index (χ3v) is 4.87. The van der Waals surface area contributed by atoms with Gasteiger partial charge in [-0.2, -0.15) is 5.10 Å². The molecule has 114 valence electrons. The molecule has 0 aromatic carbocycles. The van der Waals surface area contributed by atoms with E-state index in [0.717, 1.165) is 18.5 Å². The average molecular weight is 301 g/mol. The Balaban J connectivity index is 2.31. The van der Waals surface area contributed by atoms with Crippen molar-refractivity contribution < 1.29 is 4.74 Å². The molecule has 1 unspecified atom stereocenters. The summed E-state index contributed by atoms with van der Waals surface area (Å²) in [5.74, 6) is 0. The largest absolute Gasteiger partial charge is 0.383 e. The number of halogens is 1. The summed E-state index contributed by atoms with van der Waals surface area (Å²) in [6.07, 6.45) is 6.33. The van der Waals surface area contributed by atoms with Crippen molar-refractivity contribution in [1.29, 1.82) is 0 Å². The molecule has 0 spiro atoms. The summed E-state index contributed by atoms with van der Waals surface area (Å²) < 4.78 is 7.02. The summed E-state index contributed by atoms with van der Waals surface area (Å²) in [6.45, 7) is 1.28. The molecule has 1 aliphatic rings. The summed E-state index contributed by atoms with van der Waals surface area (Å²) >= 11 is 6.34. The number of aromatic nitrogens is 2. The summed E-state index contributed by atoms with van der Waals surface area (Å²) in [7, 11) is 5.90. The second-order valence-corrected chi connectivity index (χ2v) is 6.18. The van der Waals surface area contributed by atoms with E-state index < -0.39 is 0 Å². The van der Waals surface area contributed by atoms with Crippen molar-refractivity contribution in [1.82, 2.24) is 14.7 Å².